The first-order chi connectivity index (χ1) is 13.5. The number of hydrogen-bond acceptors (Lipinski definition) is 5. The second-order valence-corrected chi connectivity index (χ2v) is 6.02. The number of nitrogens with zero attached hydrogens (tertiary/aromatic N) is 1. The smallest absolute Gasteiger partial charge is 0.322 e. The molecule has 0 fully saturated rings. The van der Waals surface area contributed by atoms with Gasteiger partial charge in [-0.15, -0.1) is 0 Å². The molecule has 0 bridgehead atoms. The van der Waals surface area contributed by atoms with Crippen LogP contribution in [0, 0.1) is 0 Å². The Kier molecular flexibility index (Phi) is 5.86. The topological polar surface area (TPSA) is 109 Å². The van der Waals surface area contributed by atoms with Crippen molar-refractivity contribution in [1.29, 1.82) is 0 Å². The highest BCUT2D eigenvalue weighted by molar-refractivity contribution is 5.96. The summed E-state index contributed by atoms with van der Waals surface area (Å²) >= 11 is 0. The van der Waals surface area contributed by atoms with E-state index in [4.69, 9.17) is 9.84 Å². The van der Waals surface area contributed by atoms with Crippen LogP contribution in [0.15, 0.2) is 66.9 Å². The molecule has 3 N–H and O–H groups in total. The summed E-state index contributed by atoms with van der Waals surface area (Å²) in [5, 5.41) is 20.7. The van der Waals surface area contributed by atoms with Crippen molar-refractivity contribution in [3.8, 4) is 17.2 Å². The van der Waals surface area contributed by atoms with Crippen LogP contribution in [-0.4, -0.2) is 33.6 Å². The Morgan fingerprint density at radius 1 is 0.964 bits per heavy atom. The summed E-state index contributed by atoms with van der Waals surface area (Å²) in [6.45, 7) is -0.562. The van der Waals surface area contributed by atoms with E-state index in [1.165, 1.54) is 17.8 Å². The van der Waals surface area contributed by atoms with Crippen LogP contribution in [0.1, 0.15) is 21.6 Å². The van der Waals surface area contributed by atoms with Crippen LogP contribution in [0.3, 0.4) is 0 Å². The summed E-state index contributed by atoms with van der Waals surface area (Å²) in [5.41, 5.74) is 2.07. The fourth-order valence-electron chi connectivity index (χ4n) is 2.55. The van der Waals surface area contributed by atoms with E-state index in [1.807, 2.05) is 42.5 Å². The largest absolute Gasteiger partial charge is 0.505 e. The van der Waals surface area contributed by atoms with Crippen LogP contribution in [-0.2, 0) is 11.2 Å². The van der Waals surface area contributed by atoms with Crippen LogP contribution >= 0.6 is 0 Å². The first-order valence-electron chi connectivity index (χ1n) is 8.51. The molecule has 0 aliphatic rings. The highest BCUT2D eigenvalue weighted by Crippen LogP contribution is 2.26. The number of aliphatic carboxylic acids is 1. The van der Waals surface area contributed by atoms with Crippen LogP contribution in [0.25, 0.3) is 0 Å². The number of carboxylic acid groups (broad SMARTS) is 1. The van der Waals surface area contributed by atoms with Crippen molar-refractivity contribution in [3.05, 3.63) is 83.7 Å². The molecule has 0 atom stereocenters. The third-order valence-electron chi connectivity index (χ3n) is 3.87. The maximum Gasteiger partial charge on any atom is 0.322 e. The molecule has 7 nitrogen and oxygen atoms in total. The molecule has 1 aromatic heterocycles. The number of aromatic hydroxyl groups is 1. The van der Waals surface area contributed by atoms with Crippen molar-refractivity contribution in [2.45, 2.75) is 6.42 Å². The third kappa shape index (κ3) is 5.07. The number of ether oxygens (including phenoxy) is 1. The fraction of sp³-hybridized carbons (Fsp3) is 0.0952. The molecular formula is C21H18N2O5. The Morgan fingerprint density at radius 2 is 1.64 bits per heavy atom. The highest BCUT2D eigenvalue weighted by Gasteiger charge is 2.15. The van der Waals surface area contributed by atoms with Gasteiger partial charge in [0.25, 0.3) is 5.91 Å². The minimum atomic E-state index is -1.19. The molecule has 2 aromatic carbocycles. The number of hydrogen-bond donors (Lipinski definition) is 3. The zero-order valence-electron chi connectivity index (χ0n) is 14.8. The lowest BCUT2D eigenvalue weighted by molar-refractivity contribution is -0.135. The molecule has 7 heteroatoms. The first kappa shape index (κ1) is 18.9. The molecule has 0 unspecified atom stereocenters. The predicted molar refractivity (Wildman–Crippen MR) is 102 cm³/mol. The van der Waals surface area contributed by atoms with E-state index in [-0.39, 0.29) is 11.4 Å². The Hall–Kier alpha value is -3.87. The fourth-order valence-corrected chi connectivity index (χ4v) is 2.55. The monoisotopic (exact) mass is 378 g/mol. The molecule has 0 radical (unpaired) electrons. The Bertz CT molecular complexity index is 972. The van der Waals surface area contributed by atoms with E-state index >= 15 is 0 Å². The SMILES string of the molecule is O=C(O)CNC(=O)c1ncc(Oc2ccc(Cc3ccccc3)cc2)cc1O. The quantitative estimate of drug-likeness (QED) is 0.583. The van der Waals surface area contributed by atoms with Crippen LogP contribution < -0.4 is 10.1 Å². The van der Waals surface area contributed by atoms with E-state index in [0.717, 1.165) is 12.0 Å². The minimum absolute atomic E-state index is 0.253. The van der Waals surface area contributed by atoms with Gasteiger partial charge in [-0.3, -0.25) is 9.59 Å². The molecule has 0 aliphatic carbocycles. The maximum absolute atomic E-state index is 11.8. The summed E-state index contributed by atoms with van der Waals surface area (Å²) in [5.74, 6) is -1.56. The Labute approximate surface area is 161 Å². The number of amides is 1. The minimum Gasteiger partial charge on any atom is -0.505 e. The van der Waals surface area contributed by atoms with Gasteiger partial charge in [-0.05, 0) is 29.7 Å². The lowest BCUT2D eigenvalue weighted by Crippen LogP contribution is -2.29. The third-order valence-corrected chi connectivity index (χ3v) is 3.87. The van der Waals surface area contributed by atoms with Crippen molar-refractivity contribution >= 4 is 11.9 Å². The summed E-state index contributed by atoms with van der Waals surface area (Å²) in [6.07, 6.45) is 2.09. The summed E-state index contributed by atoms with van der Waals surface area (Å²) < 4.78 is 5.65. The molecule has 1 amide bonds. The molecule has 142 valence electrons. The van der Waals surface area contributed by atoms with Crippen molar-refractivity contribution in [2.75, 3.05) is 6.54 Å². The van der Waals surface area contributed by atoms with Gasteiger partial charge in [-0.1, -0.05) is 42.5 Å². The van der Waals surface area contributed by atoms with Crippen molar-refractivity contribution in [1.82, 2.24) is 10.3 Å². The summed E-state index contributed by atoms with van der Waals surface area (Å²) in [4.78, 5) is 26.1. The number of nitrogens with one attached hydrogen (secondary N) is 1. The predicted octanol–water partition coefficient (Wildman–Crippen LogP) is 2.98. The van der Waals surface area contributed by atoms with Gasteiger partial charge in [-0.25, -0.2) is 4.98 Å². The van der Waals surface area contributed by atoms with Crippen molar-refractivity contribution < 1.29 is 24.5 Å². The van der Waals surface area contributed by atoms with Crippen LogP contribution in [0.2, 0.25) is 0 Å². The molecule has 0 aliphatic heterocycles. The van der Waals surface area contributed by atoms with Gasteiger partial charge in [0.05, 0.1) is 6.20 Å². The van der Waals surface area contributed by atoms with E-state index in [1.54, 1.807) is 0 Å². The van der Waals surface area contributed by atoms with E-state index in [2.05, 4.69) is 22.4 Å². The molecule has 0 saturated carbocycles. The number of benzene rings is 2. The van der Waals surface area contributed by atoms with Crippen molar-refractivity contribution in [3.63, 3.8) is 0 Å². The number of pyridine rings is 1. The molecule has 3 rings (SSSR count). The summed E-state index contributed by atoms with van der Waals surface area (Å²) in [6, 6.07) is 18.9. The van der Waals surface area contributed by atoms with Crippen molar-refractivity contribution in [2.24, 2.45) is 0 Å². The molecule has 0 saturated heterocycles. The number of carbonyl (C=O) groups excluding carboxylic acids is 1. The van der Waals surface area contributed by atoms with Gasteiger partial charge < -0.3 is 20.3 Å². The van der Waals surface area contributed by atoms with Gasteiger partial charge in [0.2, 0.25) is 0 Å². The van der Waals surface area contributed by atoms with Gasteiger partial charge in [0.15, 0.2) is 11.4 Å². The normalized spacial score (nSPS) is 10.3. The van der Waals surface area contributed by atoms with Gasteiger partial charge in [-0.2, -0.15) is 0 Å². The Balaban J connectivity index is 1.64. The van der Waals surface area contributed by atoms with Crippen LogP contribution in [0.4, 0.5) is 0 Å². The zero-order chi connectivity index (χ0) is 19.9. The molecule has 1 heterocycles. The average Bonchev–Trinajstić information content (AvgIpc) is 2.68. The second kappa shape index (κ2) is 8.68. The van der Waals surface area contributed by atoms with Gasteiger partial charge in [0, 0.05) is 6.07 Å². The van der Waals surface area contributed by atoms with E-state index in [9.17, 15) is 14.7 Å². The standard InChI is InChI=1S/C21H18N2O5/c24-18-11-17(12-22-20(18)21(27)23-13-19(25)26)28-16-8-6-15(7-9-16)10-14-4-2-1-3-5-14/h1-9,11-12,24H,10,13H2,(H,23,27)(H,25,26). The van der Waals surface area contributed by atoms with E-state index < -0.39 is 24.2 Å². The zero-order valence-corrected chi connectivity index (χ0v) is 14.8. The molecule has 28 heavy (non-hydrogen) atoms. The highest BCUT2D eigenvalue weighted by atomic mass is 16.5. The van der Waals surface area contributed by atoms with Gasteiger partial charge >= 0.3 is 5.97 Å². The van der Waals surface area contributed by atoms with E-state index in [0.29, 0.717) is 5.75 Å². The number of carboxylic acids is 1. The first-order valence-corrected chi connectivity index (χ1v) is 8.51. The lowest BCUT2D eigenvalue weighted by Gasteiger charge is -2.09. The number of carbonyl (C=O) groups is 2. The summed E-state index contributed by atoms with van der Waals surface area (Å²) in [7, 11) is 0. The molecule has 0 spiro atoms. The maximum atomic E-state index is 11.8. The number of aromatic nitrogens is 1. The lowest BCUT2D eigenvalue weighted by atomic mass is 10.1. The molecule has 3 aromatic rings. The van der Waals surface area contributed by atoms with Crippen LogP contribution in [0.5, 0.6) is 17.2 Å². The second-order valence-electron chi connectivity index (χ2n) is 6.02. The average molecular weight is 378 g/mol. The number of rotatable bonds is 7. The molecular weight excluding hydrogens is 360 g/mol. The van der Waals surface area contributed by atoms with Gasteiger partial charge in [0.1, 0.15) is 18.0 Å². The Morgan fingerprint density at radius 3 is 2.29 bits per heavy atom.